The first-order valence-electron chi connectivity index (χ1n) is 9.24. The van der Waals surface area contributed by atoms with Crippen molar-refractivity contribution in [3.05, 3.63) is 54.1 Å². The highest BCUT2D eigenvalue weighted by atomic mass is 16.5. The van der Waals surface area contributed by atoms with Crippen LogP contribution in [-0.2, 0) is 6.42 Å². The van der Waals surface area contributed by atoms with Crippen LogP contribution in [0.4, 0.5) is 10.5 Å². The van der Waals surface area contributed by atoms with Gasteiger partial charge in [-0.25, -0.2) is 4.79 Å². The number of nitrogens with zero attached hydrogens (tertiary/aromatic N) is 2. The van der Waals surface area contributed by atoms with Crippen molar-refractivity contribution in [1.29, 1.82) is 0 Å². The number of methoxy groups -OCH3 is 2. The maximum Gasteiger partial charge on any atom is 0.322 e. The van der Waals surface area contributed by atoms with E-state index in [-0.39, 0.29) is 6.03 Å². The molecule has 27 heavy (non-hydrogen) atoms. The number of urea groups is 1. The summed E-state index contributed by atoms with van der Waals surface area (Å²) in [7, 11) is 3.28. The molecule has 0 unspecified atom stereocenters. The van der Waals surface area contributed by atoms with Crippen LogP contribution in [0.25, 0.3) is 0 Å². The molecule has 1 fully saturated rings. The van der Waals surface area contributed by atoms with Gasteiger partial charge >= 0.3 is 6.03 Å². The minimum atomic E-state index is -0.0747. The fourth-order valence-corrected chi connectivity index (χ4v) is 3.20. The Balaban J connectivity index is 1.44. The smallest absolute Gasteiger partial charge is 0.322 e. The lowest BCUT2D eigenvalue weighted by atomic mass is 10.1. The predicted octanol–water partition coefficient (Wildman–Crippen LogP) is 3.10. The average Bonchev–Trinajstić information content (AvgIpc) is 2.73. The lowest BCUT2D eigenvalue weighted by molar-refractivity contribution is 0.148. The SMILES string of the molecule is COc1ccc(CCN2CCN(C(=O)Nc3ccccc3OC)CC2)cc1. The number of anilines is 1. The van der Waals surface area contributed by atoms with Gasteiger partial charge in [-0.3, -0.25) is 4.90 Å². The van der Waals surface area contributed by atoms with Gasteiger partial charge in [-0.15, -0.1) is 0 Å². The molecule has 1 saturated heterocycles. The number of hydrogen-bond donors (Lipinski definition) is 1. The molecule has 1 N–H and O–H groups in total. The first kappa shape index (κ1) is 19.0. The highest BCUT2D eigenvalue weighted by molar-refractivity contribution is 5.91. The molecular weight excluding hydrogens is 342 g/mol. The summed E-state index contributed by atoms with van der Waals surface area (Å²) >= 11 is 0. The van der Waals surface area contributed by atoms with Gasteiger partial charge in [0.05, 0.1) is 19.9 Å². The molecule has 2 aromatic rings. The number of rotatable bonds is 6. The Morgan fingerprint density at radius 3 is 2.33 bits per heavy atom. The van der Waals surface area contributed by atoms with Crippen molar-refractivity contribution in [2.75, 3.05) is 52.3 Å². The summed E-state index contributed by atoms with van der Waals surface area (Å²) in [5, 5.41) is 2.95. The number of nitrogens with one attached hydrogen (secondary N) is 1. The van der Waals surface area contributed by atoms with Crippen LogP contribution in [0.2, 0.25) is 0 Å². The van der Waals surface area contributed by atoms with E-state index in [1.54, 1.807) is 14.2 Å². The summed E-state index contributed by atoms with van der Waals surface area (Å²) in [4.78, 5) is 16.8. The molecule has 6 nitrogen and oxygen atoms in total. The number of carbonyl (C=O) groups is 1. The van der Waals surface area contributed by atoms with E-state index in [9.17, 15) is 4.79 Å². The van der Waals surface area contributed by atoms with E-state index in [0.717, 1.165) is 44.9 Å². The largest absolute Gasteiger partial charge is 0.497 e. The van der Waals surface area contributed by atoms with Crippen molar-refractivity contribution in [1.82, 2.24) is 9.80 Å². The zero-order chi connectivity index (χ0) is 19.1. The molecule has 144 valence electrons. The molecule has 2 aromatic carbocycles. The van der Waals surface area contributed by atoms with E-state index in [0.29, 0.717) is 11.4 Å². The number of carbonyl (C=O) groups excluding carboxylic acids is 1. The average molecular weight is 369 g/mol. The van der Waals surface area contributed by atoms with Gasteiger partial charge in [-0.1, -0.05) is 24.3 Å². The van der Waals surface area contributed by atoms with Crippen LogP contribution in [0.15, 0.2) is 48.5 Å². The molecule has 1 aliphatic heterocycles. The molecule has 0 saturated carbocycles. The van der Waals surface area contributed by atoms with E-state index in [4.69, 9.17) is 9.47 Å². The van der Waals surface area contributed by atoms with Crippen LogP contribution in [-0.4, -0.2) is 62.8 Å². The van der Waals surface area contributed by atoms with Crippen molar-refractivity contribution in [2.24, 2.45) is 0 Å². The molecule has 2 amide bonds. The second-order valence-electron chi connectivity index (χ2n) is 6.56. The third kappa shape index (κ3) is 5.14. The van der Waals surface area contributed by atoms with Crippen LogP contribution < -0.4 is 14.8 Å². The number of ether oxygens (including phenoxy) is 2. The molecule has 0 bridgehead atoms. The lowest BCUT2D eigenvalue weighted by Gasteiger charge is -2.34. The molecule has 0 aliphatic carbocycles. The van der Waals surface area contributed by atoms with Gasteiger partial charge < -0.3 is 19.7 Å². The Labute approximate surface area is 160 Å². The quantitative estimate of drug-likeness (QED) is 0.850. The van der Waals surface area contributed by atoms with Gasteiger partial charge in [0.2, 0.25) is 0 Å². The Morgan fingerprint density at radius 2 is 1.67 bits per heavy atom. The molecule has 0 radical (unpaired) electrons. The summed E-state index contributed by atoms with van der Waals surface area (Å²) in [6, 6.07) is 15.6. The van der Waals surface area contributed by atoms with Crippen LogP contribution in [0.3, 0.4) is 0 Å². The molecule has 1 aliphatic rings. The van der Waals surface area contributed by atoms with E-state index >= 15 is 0 Å². The minimum absolute atomic E-state index is 0.0747. The van der Waals surface area contributed by atoms with Crippen molar-refractivity contribution in [3.63, 3.8) is 0 Å². The van der Waals surface area contributed by atoms with Gasteiger partial charge in [0, 0.05) is 32.7 Å². The number of para-hydroxylation sites is 2. The maximum absolute atomic E-state index is 12.5. The van der Waals surface area contributed by atoms with Crippen LogP contribution in [0.1, 0.15) is 5.56 Å². The van der Waals surface area contributed by atoms with Crippen LogP contribution in [0, 0.1) is 0 Å². The van der Waals surface area contributed by atoms with E-state index in [1.165, 1.54) is 5.56 Å². The molecule has 1 heterocycles. The van der Waals surface area contributed by atoms with Crippen molar-refractivity contribution >= 4 is 11.7 Å². The van der Waals surface area contributed by atoms with Crippen LogP contribution >= 0.6 is 0 Å². The van der Waals surface area contributed by atoms with Gasteiger partial charge in [0.1, 0.15) is 11.5 Å². The van der Waals surface area contributed by atoms with Gasteiger partial charge in [-0.2, -0.15) is 0 Å². The van der Waals surface area contributed by atoms with Gasteiger partial charge in [-0.05, 0) is 36.2 Å². The van der Waals surface area contributed by atoms with Crippen molar-refractivity contribution in [3.8, 4) is 11.5 Å². The highest BCUT2D eigenvalue weighted by Gasteiger charge is 2.21. The predicted molar refractivity (Wildman–Crippen MR) is 107 cm³/mol. The van der Waals surface area contributed by atoms with Gasteiger partial charge in [0.15, 0.2) is 0 Å². The van der Waals surface area contributed by atoms with Gasteiger partial charge in [0.25, 0.3) is 0 Å². The third-order valence-electron chi connectivity index (χ3n) is 4.88. The minimum Gasteiger partial charge on any atom is -0.497 e. The summed E-state index contributed by atoms with van der Waals surface area (Å²) < 4.78 is 10.5. The van der Waals surface area contributed by atoms with E-state index < -0.39 is 0 Å². The molecule has 3 rings (SSSR count). The molecule has 0 aromatic heterocycles. The normalized spacial score (nSPS) is 14.7. The second-order valence-corrected chi connectivity index (χ2v) is 6.56. The monoisotopic (exact) mass is 369 g/mol. The zero-order valence-corrected chi connectivity index (χ0v) is 16.0. The number of piperazine rings is 1. The molecular formula is C21H27N3O3. The Hall–Kier alpha value is -2.73. The lowest BCUT2D eigenvalue weighted by Crippen LogP contribution is -2.50. The number of hydrogen-bond acceptors (Lipinski definition) is 4. The number of amides is 2. The number of benzene rings is 2. The second kappa shape index (κ2) is 9.28. The third-order valence-corrected chi connectivity index (χ3v) is 4.88. The van der Waals surface area contributed by atoms with Crippen LogP contribution in [0.5, 0.6) is 11.5 Å². The summed E-state index contributed by atoms with van der Waals surface area (Å²) in [5.74, 6) is 1.55. The fraction of sp³-hybridized carbons (Fsp3) is 0.381. The maximum atomic E-state index is 12.5. The van der Waals surface area contributed by atoms with Crippen molar-refractivity contribution in [2.45, 2.75) is 6.42 Å². The van der Waals surface area contributed by atoms with Crippen molar-refractivity contribution < 1.29 is 14.3 Å². The summed E-state index contributed by atoms with van der Waals surface area (Å²) in [6.07, 6.45) is 0.997. The zero-order valence-electron chi connectivity index (χ0n) is 16.0. The topological polar surface area (TPSA) is 54.0 Å². The summed E-state index contributed by atoms with van der Waals surface area (Å²) in [6.45, 7) is 4.21. The first-order chi connectivity index (χ1) is 13.2. The molecule has 0 atom stereocenters. The molecule has 0 spiro atoms. The molecule has 6 heteroatoms. The van der Waals surface area contributed by atoms with E-state index in [2.05, 4.69) is 22.3 Å². The Morgan fingerprint density at radius 1 is 0.963 bits per heavy atom. The summed E-state index contributed by atoms with van der Waals surface area (Å²) in [5.41, 5.74) is 2.00. The standard InChI is InChI=1S/C21H27N3O3/c1-26-18-9-7-17(8-10-18)11-12-23-13-15-24(16-14-23)21(25)22-19-5-3-4-6-20(19)27-2/h3-10H,11-16H2,1-2H3,(H,22,25). The Kier molecular flexibility index (Phi) is 6.54. The van der Waals surface area contributed by atoms with E-state index in [1.807, 2.05) is 41.3 Å². The Bertz CT molecular complexity index is 741. The fourth-order valence-electron chi connectivity index (χ4n) is 3.20. The first-order valence-corrected chi connectivity index (χ1v) is 9.24. The highest BCUT2D eigenvalue weighted by Crippen LogP contribution is 2.23.